The standard InChI is InChI=1S/C23H21ClFN3O2/c24-21-15-17(26)3-8-20(21)22-9-6-19(30-22)7-10-23(29)28-13-11-27(12-14-28)18-4-1-16(25)2-5-18/h1-10,15H,11-14,26H2/b10-7+. The summed E-state index contributed by atoms with van der Waals surface area (Å²) in [5, 5.41) is 0.509. The van der Waals surface area contributed by atoms with Crippen molar-refractivity contribution in [3.05, 3.63) is 77.3 Å². The molecule has 0 atom stereocenters. The molecular formula is C23H21ClFN3O2. The number of amides is 1. The maximum Gasteiger partial charge on any atom is 0.246 e. The van der Waals surface area contributed by atoms with E-state index in [2.05, 4.69) is 4.90 Å². The Morgan fingerprint density at radius 2 is 1.77 bits per heavy atom. The molecule has 0 aliphatic carbocycles. The van der Waals surface area contributed by atoms with Gasteiger partial charge in [-0.25, -0.2) is 4.39 Å². The number of carbonyl (C=O) groups excluding carboxylic acids is 1. The first-order valence-corrected chi connectivity index (χ1v) is 10.00. The molecule has 1 saturated heterocycles. The molecule has 30 heavy (non-hydrogen) atoms. The first kappa shape index (κ1) is 20.0. The third-order valence-corrected chi connectivity index (χ3v) is 5.37. The van der Waals surface area contributed by atoms with E-state index in [0.29, 0.717) is 48.4 Å². The summed E-state index contributed by atoms with van der Waals surface area (Å²) in [5.74, 6) is 0.853. The molecule has 1 amide bonds. The summed E-state index contributed by atoms with van der Waals surface area (Å²) in [6.07, 6.45) is 3.17. The largest absolute Gasteiger partial charge is 0.457 e. The van der Waals surface area contributed by atoms with Gasteiger partial charge in [0.05, 0.1) is 5.02 Å². The van der Waals surface area contributed by atoms with Crippen molar-refractivity contribution in [2.24, 2.45) is 0 Å². The first-order valence-electron chi connectivity index (χ1n) is 9.62. The summed E-state index contributed by atoms with van der Waals surface area (Å²) in [7, 11) is 0. The van der Waals surface area contributed by atoms with Crippen molar-refractivity contribution in [2.45, 2.75) is 0 Å². The van der Waals surface area contributed by atoms with Crippen LogP contribution in [-0.4, -0.2) is 37.0 Å². The Bertz CT molecular complexity index is 1070. The fourth-order valence-electron chi connectivity index (χ4n) is 3.41. The van der Waals surface area contributed by atoms with E-state index in [1.807, 2.05) is 6.07 Å². The number of piperazine rings is 1. The summed E-state index contributed by atoms with van der Waals surface area (Å²) < 4.78 is 18.9. The zero-order valence-corrected chi connectivity index (χ0v) is 17.0. The van der Waals surface area contributed by atoms with Crippen LogP contribution in [0, 0.1) is 5.82 Å². The molecule has 0 unspecified atom stereocenters. The predicted octanol–water partition coefficient (Wildman–Crippen LogP) is 4.68. The zero-order valence-electron chi connectivity index (χ0n) is 16.2. The highest BCUT2D eigenvalue weighted by Crippen LogP contribution is 2.31. The Morgan fingerprint density at radius 1 is 1.03 bits per heavy atom. The SMILES string of the molecule is Nc1ccc(-c2ccc(/C=C/C(=O)N3CCN(c4ccc(F)cc4)CC3)o2)c(Cl)c1. The monoisotopic (exact) mass is 425 g/mol. The van der Waals surface area contributed by atoms with Crippen molar-refractivity contribution >= 4 is 35.0 Å². The van der Waals surface area contributed by atoms with E-state index in [0.717, 1.165) is 11.3 Å². The molecule has 1 aliphatic heterocycles. The normalized spacial score (nSPS) is 14.5. The van der Waals surface area contributed by atoms with Crippen molar-refractivity contribution in [1.82, 2.24) is 4.90 Å². The smallest absolute Gasteiger partial charge is 0.246 e. The number of anilines is 2. The number of carbonyl (C=O) groups is 1. The number of hydrogen-bond donors (Lipinski definition) is 1. The van der Waals surface area contributed by atoms with E-state index < -0.39 is 0 Å². The Hall–Kier alpha value is -3.25. The number of hydrogen-bond acceptors (Lipinski definition) is 4. The second-order valence-corrected chi connectivity index (χ2v) is 7.47. The minimum atomic E-state index is -0.252. The third-order valence-electron chi connectivity index (χ3n) is 5.06. The summed E-state index contributed by atoms with van der Waals surface area (Å²) >= 11 is 6.22. The number of nitrogen functional groups attached to an aromatic ring is 1. The number of rotatable bonds is 4. The predicted molar refractivity (Wildman–Crippen MR) is 118 cm³/mol. The van der Waals surface area contributed by atoms with Crippen molar-refractivity contribution < 1.29 is 13.6 Å². The van der Waals surface area contributed by atoms with Crippen LogP contribution in [0.15, 0.2) is 65.1 Å². The maximum absolute atomic E-state index is 13.1. The second kappa shape index (κ2) is 8.63. The number of halogens is 2. The Balaban J connectivity index is 1.35. The van der Waals surface area contributed by atoms with Gasteiger partial charge in [0, 0.05) is 49.2 Å². The molecule has 4 rings (SSSR count). The molecular weight excluding hydrogens is 405 g/mol. The van der Waals surface area contributed by atoms with Gasteiger partial charge in [-0.15, -0.1) is 0 Å². The lowest BCUT2D eigenvalue weighted by molar-refractivity contribution is -0.126. The van der Waals surface area contributed by atoms with Gasteiger partial charge in [0.15, 0.2) is 0 Å². The molecule has 1 aromatic heterocycles. The quantitative estimate of drug-likeness (QED) is 0.487. The van der Waals surface area contributed by atoms with Crippen LogP contribution in [0.25, 0.3) is 17.4 Å². The van der Waals surface area contributed by atoms with E-state index in [4.69, 9.17) is 21.8 Å². The fourth-order valence-corrected chi connectivity index (χ4v) is 3.70. The third kappa shape index (κ3) is 4.49. The van der Waals surface area contributed by atoms with Crippen molar-refractivity contribution in [3.63, 3.8) is 0 Å². The Kier molecular flexibility index (Phi) is 5.77. The number of furan rings is 1. The molecule has 0 spiro atoms. The van der Waals surface area contributed by atoms with E-state index in [1.165, 1.54) is 18.2 Å². The molecule has 1 aliphatic rings. The number of nitrogens with zero attached hydrogens (tertiary/aromatic N) is 2. The lowest BCUT2D eigenvalue weighted by Crippen LogP contribution is -2.48. The maximum atomic E-state index is 13.1. The minimum absolute atomic E-state index is 0.0720. The highest BCUT2D eigenvalue weighted by atomic mass is 35.5. The van der Waals surface area contributed by atoms with Gasteiger partial charge in [-0.05, 0) is 60.7 Å². The lowest BCUT2D eigenvalue weighted by Gasteiger charge is -2.35. The molecule has 5 nitrogen and oxygen atoms in total. The summed E-state index contributed by atoms with van der Waals surface area (Å²) in [6.45, 7) is 2.60. The summed E-state index contributed by atoms with van der Waals surface area (Å²) in [6, 6.07) is 15.2. The number of nitrogens with two attached hydrogens (primary N) is 1. The van der Waals surface area contributed by atoms with Crippen molar-refractivity contribution in [2.75, 3.05) is 36.8 Å². The van der Waals surface area contributed by atoms with E-state index >= 15 is 0 Å². The Labute approximate surface area is 179 Å². The van der Waals surface area contributed by atoms with Gasteiger partial charge < -0.3 is 20.0 Å². The molecule has 2 N–H and O–H groups in total. The molecule has 1 fully saturated rings. The Morgan fingerprint density at radius 3 is 2.47 bits per heavy atom. The lowest BCUT2D eigenvalue weighted by atomic mass is 10.1. The molecule has 2 heterocycles. The van der Waals surface area contributed by atoms with Crippen LogP contribution in [-0.2, 0) is 4.79 Å². The van der Waals surface area contributed by atoms with Gasteiger partial charge in [0.1, 0.15) is 17.3 Å². The molecule has 0 bridgehead atoms. The van der Waals surface area contributed by atoms with Crippen LogP contribution in [0.4, 0.5) is 15.8 Å². The van der Waals surface area contributed by atoms with Crippen LogP contribution in [0.3, 0.4) is 0 Å². The van der Waals surface area contributed by atoms with Gasteiger partial charge in [0.2, 0.25) is 5.91 Å². The molecule has 0 saturated carbocycles. The average molecular weight is 426 g/mol. The van der Waals surface area contributed by atoms with Gasteiger partial charge in [-0.2, -0.15) is 0 Å². The average Bonchev–Trinajstić information content (AvgIpc) is 3.21. The van der Waals surface area contributed by atoms with Crippen LogP contribution in [0.1, 0.15) is 5.76 Å². The number of benzene rings is 2. The van der Waals surface area contributed by atoms with E-state index in [1.54, 1.807) is 47.4 Å². The highest BCUT2D eigenvalue weighted by molar-refractivity contribution is 6.33. The topological polar surface area (TPSA) is 62.7 Å². The van der Waals surface area contributed by atoms with Crippen molar-refractivity contribution in [1.29, 1.82) is 0 Å². The second-order valence-electron chi connectivity index (χ2n) is 7.06. The van der Waals surface area contributed by atoms with Gasteiger partial charge in [-0.3, -0.25) is 4.79 Å². The van der Waals surface area contributed by atoms with Gasteiger partial charge >= 0.3 is 0 Å². The summed E-state index contributed by atoms with van der Waals surface area (Å²) in [5.41, 5.74) is 8.01. The van der Waals surface area contributed by atoms with Gasteiger partial charge in [0.25, 0.3) is 0 Å². The van der Waals surface area contributed by atoms with Crippen LogP contribution < -0.4 is 10.6 Å². The molecule has 0 radical (unpaired) electrons. The van der Waals surface area contributed by atoms with Crippen molar-refractivity contribution in [3.8, 4) is 11.3 Å². The summed E-state index contributed by atoms with van der Waals surface area (Å²) in [4.78, 5) is 16.5. The molecule has 2 aromatic carbocycles. The van der Waals surface area contributed by atoms with Crippen LogP contribution >= 0.6 is 11.6 Å². The molecule has 3 aromatic rings. The minimum Gasteiger partial charge on any atom is -0.457 e. The molecule has 7 heteroatoms. The zero-order chi connectivity index (χ0) is 21.1. The fraction of sp³-hybridized carbons (Fsp3) is 0.174. The van der Waals surface area contributed by atoms with Crippen LogP contribution in [0.2, 0.25) is 5.02 Å². The highest BCUT2D eigenvalue weighted by Gasteiger charge is 2.20. The molecule has 154 valence electrons. The van der Waals surface area contributed by atoms with E-state index in [9.17, 15) is 9.18 Å². The van der Waals surface area contributed by atoms with Crippen LogP contribution in [0.5, 0.6) is 0 Å². The van der Waals surface area contributed by atoms with E-state index in [-0.39, 0.29) is 11.7 Å². The first-order chi connectivity index (χ1) is 14.5. The van der Waals surface area contributed by atoms with Gasteiger partial charge in [-0.1, -0.05) is 11.6 Å².